The number of amides is 1. The first-order chi connectivity index (χ1) is 17.0. The molecule has 1 amide bonds. The highest BCUT2D eigenvalue weighted by Gasteiger charge is 2.67. The summed E-state index contributed by atoms with van der Waals surface area (Å²) in [5, 5.41) is 13.6. The predicted octanol–water partition coefficient (Wildman–Crippen LogP) is 1.42. The predicted molar refractivity (Wildman–Crippen MR) is 133 cm³/mol. The van der Waals surface area contributed by atoms with E-state index in [1.165, 1.54) is 0 Å². The Labute approximate surface area is 203 Å². The molecule has 3 aromatic rings. The molecule has 0 spiro atoms. The third-order valence-electron chi connectivity index (χ3n) is 8.30. The van der Waals surface area contributed by atoms with E-state index in [2.05, 4.69) is 25.1 Å². The molecule has 3 N–H and O–H groups in total. The lowest BCUT2D eigenvalue weighted by atomic mass is 9.61. The number of para-hydroxylation sites is 1. The monoisotopic (exact) mass is 474 g/mol. The van der Waals surface area contributed by atoms with Crippen LogP contribution < -0.4 is 15.8 Å². The van der Waals surface area contributed by atoms with Crippen LogP contribution in [-0.2, 0) is 5.41 Å². The topological polar surface area (TPSA) is 114 Å². The molecule has 35 heavy (non-hydrogen) atoms. The summed E-state index contributed by atoms with van der Waals surface area (Å²) in [5.74, 6) is 0.571. The number of pyridine rings is 1. The van der Waals surface area contributed by atoms with Crippen LogP contribution in [0.3, 0.4) is 0 Å². The minimum absolute atomic E-state index is 0.0933. The fraction of sp³-hybridized carbons (Fsp3) is 0.462. The standard InChI is InChI=1S/C26H30N6O3/c1-27-23(35)21-7-6-18(12-28-21)31-10-8-17(9-11-31)32-15-25(13-26(32,14-25)16-33)24-29-20-5-3-2-4-19(20)22(34)30-24/h2-7,12,17,33H,8-11,13-16H2,1H3,(H,27,35)(H,29,30,34). The van der Waals surface area contributed by atoms with E-state index in [4.69, 9.17) is 4.98 Å². The van der Waals surface area contributed by atoms with Gasteiger partial charge < -0.3 is 20.3 Å². The maximum absolute atomic E-state index is 12.7. The van der Waals surface area contributed by atoms with Gasteiger partial charge in [0.05, 0.1) is 29.4 Å². The average molecular weight is 475 g/mol. The first-order valence-corrected chi connectivity index (χ1v) is 12.3. The summed E-state index contributed by atoms with van der Waals surface area (Å²) in [6.07, 6.45) is 5.38. The number of hydrogen-bond donors (Lipinski definition) is 3. The number of hydrogen-bond acceptors (Lipinski definition) is 7. The van der Waals surface area contributed by atoms with Gasteiger partial charge in [0.15, 0.2) is 0 Å². The number of carbonyl (C=O) groups excluding carboxylic acids is 1. The number of piperidine rings is 1. The van der Waals surface area contributed by atoms with E-state index in [1.807, 2.05) is 24.3 Å². The molecule has 0 radical (unpaired) electrons. The van der Waals surface area contributed by atoms with Crippen molar-refractivity contribution in [3.8, 4) is 0 Å². The molecule has 1 aromatic carbocycles. The second-order valence-electron chi connectivity index (χ2n) is 10.3. The molecular formula is C26H30N6O3. The summed E-state index contributed by atoms with van der Waals surface area (Å²) < 4.78 is 0. The minimum atomic E-state index is -0.228. The first-order valence-electron chi connectivity index (χ1n) is 12.3. The number of H-pyrrole nitrogens is 1. The van der Waals surface area contributed by atoms with Crippen molar-refractivity contribution in [1.82, 2.24) is 25.2 Å². The van der Waals surface area contributed by atoms with Crippen molar-refractivity contribution in [3.05, 3.63) is 64.5 Å². The Morgan fingerprint density at radius 1 is 1.20 bits per heavy atom. The second kappa shape index (κ2) is 8.13. The Bertz CT molecular complexity index is 1320. The minimum Gasteiger partial charge on any atom is -0.394 e. The van der Waals surface area contributed by atoms with Crippen molar-refractivity contribution in [2.45, 2.75) is 42.7 Å². The van der Waals surface area contributed by atoms with Crippen LogP contribution in [0.15, 0.2) is 47.4 Å². The average Bonchev–Trinajstić information content (AvgIpc) is 3.41. The van der Waals surface area contributed by atoms with Crippen LogP contribution >= 0.6 is 0 Å². The Kier molecular flexibility index (Phi) is 5.16. The van der Waals surface area contributed by atoms with Crippen LogP contribution in [0.2, 0.25) is 0 Å². The zero-order valence-electron chi connectivity index (χ0n) is 19.8. The van der Waals surface area contributed by atoms with Crippen LogP contribution in [0.1, 0.15) is 42.0 Å². The summed E-state index contributed by atoms with van der Waals surface area (Å²) >= 11 is 0. The maximum Gasteiger partial charge on any atom is 0.269 e. The molecule has 5 heterocycles. The van der Waals surface area contributed by atoms with Crippen LogP contribution in [-0.4, -0.2) is 75.7 Å². The highest BCUT2D eigenvalue weighted by Crippen LogP contribution is 2.60. The number of aliphatic hydroxyl groups is 1. The van der Waals surface area contributed by atoms with E-state index in [0.29, 0.717) is 17.1 Å². The molecule has 7 rings (SSSR count). The number of aromatic amines is 1. The number of rotatable bonds is 5. The molecule has 0 atom stereocenters. The second-order valence-corrected chi connectivity index (χ2v) is 10.3. The summed E-state index contributed by atoms with van der Waals surface area (Å²) in [6.45, 7) is 2.71. The molecule has 2 aromatic heterocycles. The number of nitrogens with zero attached hydrogens (tertiary/aromatic N) is 4. The summed E-state index contributed by atoms with van der Waals surface area (Å²) in [5.41, 5.74) is 1.64. The zero-order valence-corrected chi connectivity index (χ0v) is 19.8. The highest BCUT2D eigenvalue weighted by molar-refractivity contribution is 5.92. The van der Waals surface area contributed by atoms with Gasteiger partial charge >= 0.3 is 0 Å². The number of aromatic nitrogens is 3. The Hall–Kier alpha value is -3.30. The van der Waals surface area contributed by atoms with Crippen LogP contribution in [0.4, 0.5) is 5.69 Å². The fourth-order valence-corrected chi connectivity index (χ4v) is 6.59. The Morgan fingerprint density at radius 2 is 1.97 bits per heavy atom. The molecule has 4 aliphatic rings. The van der Waals surface area contributed by atoms with Crippen molar-refractivity contribution < 1.29 is 9.90 Å². The SMILES string of the molecule is CNC(=O)c1ccc(N2CCC(N3CC4(c5nc6ccccc6c(=O)[nH]5)CC3(CO)C4)CC2)cn1. The van der Waals surface area contributed by atoms with Gasteiger partial charge in [-0.3, -0.25) is 14.5 Å². The van der Waals surface area contributed by atoms with E-state index >= 15 is 0 Å². The third-order valence-corrected chi connectivity index (χ3v) is 8.30. The lowest BCUT2D eigenvalue weighted by molar-refractivity contribution is 0.000705. The van der Waals surface area contributed by atoms with Gasteiger partial charge in [0, 0.05) is 43.7 Å². The van der Waals surface area contributed by atoms with Gasteiger partial charge in [-0.1, -0.05) is 12.1 Å². The fourth-order valence-electron chi connectivity index (χ4n) is 6.59. The van der Waals surface area contributed by atoms with Crippen LogP contribution in [0.5, 0.6) is 0 Å². The van der Waals surface area contributed by atoms with Crippen molar-refractivity contribution in [2.24, 2.45) is 0 Å². The number of benzene rings is 1. The van der Waals surface area contributed by atoms with Crippen molar-refractivity contribution in [3.63, 3.8) is 0 Å². The van der Waals surface area contributed by atoms with Crippen LogP contribution in [0.25, 0.3) is 10.9 Å². The smallest absolute Gasteiger partial charge is 0.269 e. The van der Waals surface area contributed by atoms with E-state index in [-0.39, 0.29) is 29.0 Å². The van der Waals surface area contributed by atoms with Crippen molar-refractivity contribution >= 4 is 22.5 Å². The van der Waals surface area contributed by atoms with Gasteiger partial charge in [0.25, 0.3) is 11.5 Å². The quantitative estimate of drug-likeness (QED) is 0.512. The normalized spacial score (nSPS) is 26.6. The molecule has 1 saturated carbocycles. The van der Waals surface area contributed by atoms with Crippen molar-refractivity contribution in [1.29, 1.82) is 0 Å². The van der Waals surface area contributed by atoms with Gasteiger partial charge in [0.2, 0.25) is 0 Å². The molecule has 3 saturated heterocycles. The summed E-state index contributed by atoms with van der Waals surface area (Å²) in [6, 6.07) is 11.5. The van der Waals surface area contributed by atoms with E-state index in [0.717, 1.165) is 62.3 Å². The summed E-state index contributed by atoms with van der Waals surface area (Å²) in [4.78, 5) is 41.5. The molecule has 9 heteroatoms. The molecule has 3 aliphatic heterocycles. The van der Waals surface area contributed by atoms with E-state index in [9.17, 15) is 14.7 Å². The van der Waals surface area contributed by atoms with Crippen LogP contribution in [0, 0.1) is 0 Å². The molecule has 1 aliphatic carbocycles. The number of aliphatic hydroxyl groups excluding tert-OH is 1. The number of anilines is 1. The molecular weight excluding hydrogens is 444 g/mol. The highest BCUT2D eigenvalue weighted by atomic mass is 16.3. The van der Waals surface area contributed by atoms with Gasteiger partial charge in [-0.15, -0.1) is 0 Å². The lowest BCUT2D eigenvalue weighted by Crippen LogP contribution is -2.57. The zero-order chi connectivity index (χ0) is 24.2. The largest absolute Gasteiger partial charge is 0.394 e. The van der Waals surface area contributed by atoms with Gasteiger partial charge in [-0.05, 0) is 49.9 Å². The number of carbonyl (C=O) groups is 1. The molecule has 182 valence electrons. The first kappa shape index (κ1) is 22.2. The summed E-state index contributed by atoms with van der Waals surface area (Å²) in [7, 11) is 1.60. The van der Waals surface area contributed by atoms with Gasteiger partial charge in [-0.2, -0.15) is 0 Å². The Morgan fingerprint density at radius 3 is 2.66 bits per heavy atom. The molecule has 0 unspecified atom stereocenters. The molecule has 9 nitrogen and oxygen atoms in total. The van der Waals surface area contributed by atoms with Gasteiger partial charge in [-0.25, -0.2) is 9.97 Å². The van der Waals surface area contributed by atoms with Gasteiger partial charge in [0.1, 0.15) is 11.5 Å². The lowest BCUT2D eigenvalue weighted by Gasteiger charge is -2.49. The van der Waals surface area contributed by atoms with E-state index < -0.39 is 0 Å². The maximum atomic E-state index is 12.7. The Balaban J connectivity index is 1.18. The number of fused-ring (bicyclic) bond motifs is 2. The third kappa shape index (κ3) is 3.44. The van der Waals surface area contributed by atoms with E-state index in [1.54, 1.807) is 25.4 Å². The molecule has 4 fully saturated rings. The number of nitrogens with one attached hydrogen (secondary N) is 2. The van der Waals surface area contributed by atoms with Crippen molar-refractivity contribution in [2.75, 3.05) is 38.2 Å². The molecule has 2 bridgehead atoms.